The van der Waals surface area contributed by atoms with Gasteiger partial charge in [-0.05, 0) is 42.8 Å². The Kier molecular flexibility index (Phi) is 6.39. The minimum atomic E-state index is -0.148. The lowest BCUT2D eigenvalue weighted by atomic mass is 10.1. The van der Waals surface area contributed by atoms with Crippen LogP contribution < -0.4 is 10.6 Å². The van der Waals surface area contributed by atoms with Gasteiger partial charge in [0.2, 0.25) is 5.91 Å². The molecule has 0 aliphatic heterocycles. The average molecular weight is 391 g/mol. The molecule has 0 fully saturated rings. The minimum Gasteiger partial charge on any atom is -0.352 e. The number of benzene rings is 1. The van der Waals surface area contributed by atoms with Crippen LogP contribution in [0.4, 0.5) is 0 Å². The van der Waals surface area contributed by atoms with E-state index in [1.165, 1.54) is 0 Å². The van der Waals surface area contributed by atoms with Crippen LogP contribution in [0.3, 0.4) is 0 Å². The fraction of sp³-hybridized carbons (Fsp3) is 0.273. The third-order valence-corrected chi connectivity index (χ3v) is 4.55. The summed E-state index contributed by atoms with van der Waals surface area (Å²) >= 11 is 0. The van der Waals surface area contributed by atoms with Crippen LogP contribution in [0.25, 0.3) is 5.69 Å². The Morgan fingerprint density at radius 2 is 1.83 bits per heavy atom. The monoisotopic (exact) mass is 391 g/mol. The number of hydrogen-bond acceptors (Lipinski definition) is 4. The number of amides is 2. The summed E-state index contributed by atoms with van der Waals surface area (Å²) in [4.78, 5) is 28.3. The number of rotatable bonds is 7. The summed E-state index contributed by atoms with van der Waals surface area (Å²) in [6, 6.07) is 10.9. The summed E-state index contributed by atoms with van der Waals surface area (Å²) in [7, 11) is 0. The van der Waals surface area contributed by atoms with Gasteiger partial charge in [-0.1, -0.05) is 19.9 Å². The van der Waals surface area contributed by atoms with E-state index < -0.39 is 0 Å². The smallest absolute Gasteiger partial charge is 0.251 e. The van der Waals surface area contributed by atoms with E-state index in [4.69, 9.17) is 0 Å². The SMILES string of the molecule is CC(C)C(=O)NCc1cnn(-c2ccc(C(=O)N[C@H](C)c3cccnc3)cc2)c1. The maximum Gasteiger partial charge on any atom is 0.251 e. The van der Waals surface area contributed by atoms with Crippen molar-refractivity contribution in [2.45, 2.75) is 33.4 Å². The normalized spacial score (nSPS) is 11.9. The first-order valence-electron chi connectivity index (χ1n) is 9.56. The van der Waals surface area contributed by atoms with Gasteiger partial charge in [0, 0.05) is 42.2 Å². The maximum atomic E-state index is 12.5. The third kappa shape index (κ3) is 5.28. The molecule has 7 heteroatoms. The van der Waals surface area contributed by atoms with Crippen LogP contribution in [0.1, 0.15) is 48.3 Å². The van der Waals surface area contributed by atoms with Crippen LogP contribution in [0, 0.1) is 5.92 Å². The lowest BCUT2D eigenvalue weighted by Crippen LogP contribution is -2.26. The molecule has 0 saturated carbocycles. The molecular weight excluding hydrogens is 366 g/mol. The number of carbonyl (C=O) groups excluding carboxylic acids is 2. The van der Waals surface area contributed by atoms with E-state index in [0.29, 0.717) is 12.1 Å². The first-order chi connectivity index (χ1) is 13.9. The van der Waals surface area contributed by atoms with E-state index >= 15 is 0 Å². The minimum absolute atomic E-state index is 0.00799. The summed E-state index contributed by atoms with van der Waals surface area (Å²) in [6.45, 7) is 6.07. The van der Waals surface area contributed by atoms with Crippen molar-refractivity contribution in [3.8, 4) is 5.69 Å². The van der Waals surface area contributed by atoms with Crippen LogP contribution >= 0.6 is 0 Å². The average Bonchev–Trinajstić information content (AvgIpc) is 3.21. The highest BCUT2D eigenvalue weighted by Crippen LogP contribution is 2.14. The predicted octanol–water partition coefficient (Wildman–Crippen LogP) is 3.03. The molecule has 2 amide bonds. The van der Waals surface area contributed by atoms with Crippen molar-refractivity contribution in [1.82, 2.24) is 25.4 Å². The molecule has 2 heterocycles. The lowest BCUT2D eigenvalue weighted by molar-refractivity contribution is -0.124. The molecule has 150 valence electrons. The van der Waals surface area contributed by atoms with Gasteiger partial charge in [0.25, 0.3) is 5.91 Å². The van der Waals surface area contributed by atoms with Crippen LogP contribution in [0.15, 0.2) is 61.2 Å². The Morgan fingerprint density at radius 3 is 2.48 bits per heavy atom. The van der Waals surface area contributed by atoms with Crippen molar-refractivity contribution >= 4 is 11.8 Å². The Hall–Kier alpha value is -3.48. The second-order valence-electron chi connectivity index (χ2n) is 7.19. The number of nitrogens with one attached hydrogen (secondary N) is 2. The molecule has 29 heavy (non-hydrogen) atoms. The Morgan fingerprint density at radius 1 is 1.07 bits per heavy atom. The molecular formula is C22H25N5O2. The van der Waals surface area contributed by atoms with Crippen molar-refractivity contribution in [2.24, 2.45) is 5.92 Å². The highest BCUT2D eigenvalue weighted by molar-refractivity contribution is 5.94. The van der Waals surface area contributed by atoms with E-state index in [0.717, 1.165) is 16.8 Å². The summed E-state index contributed by atoms with van der Waals surface area (Å²) in [6.07, 6.45) is 7.03. The Balaban J connectivity index is 1.61. The maximum absolute atomic E-state index is 12.5. The zero-order valence-corrected chi connectivity index (χ0v) is 16.8. The molecule has 0 aliphatic carbocycles. The molecule has 3 rings (SSSR count). The van der Waals surface area contributed by atoms with Gasteiger partial charge in [0.1, 0.15) is 0 Å². The second-order valence-corrected chi connectivity index (χ2v) is 7.19. The zero-order chi connectivity index (χ0) is 20.8. The van der Waals surface area contributed by atoms with Crippen LogP contribution in [-0.4, -0.2) is 26.6 Å². The molecule has 0 radical (unpaired) electrons. The first-order valence-corrected chi connectivity index (χ1v) is 9.56. The van der Waals surface area contributed by atoms with Crippen LogP contribution in [0.5, 0.6) is 0 Å². The summed E-state index contributed by atoms with van der Waals surface area (Å²) in [5.41, 5.74) is 3.27. The van der Waals surface area contributed by atoms with Crippen molar-refractivity contribution in [1.29, 1.82) is 0 Å². The summed E-state index contributed by atoms with van der Waals surface area (Å²) < 4.78 is 1.72. The molecule has 1 aromatic carbocycles. The van der Waals surface area contributed by atoms with Gasteiger partial charge in [-0.2, -0.15) is 5.10 Å². The fourth-order valence-corrected chi connectivity index (χ4v) is 2.75. The number of hydrogen-bond donors (Lipinski definition) is 2. The largest absolute Gasteiger partial charge is 0.352 e. The van der Waals surface area contributed by atoms with Gasteiger partial charge >= 0.3 is 0 Å². The quantitative estimate of drug-likeness (QED) is 0.648. The van der Waals surface area contributed by atoms with Crippen molar-refractivity contribution in [3.63, 3.8) is 0 Å². The van der Waals surface area contributed by atoms with Crippen molar-refractivity contribution in [3.05, 3.63) is 77.9 Å². The first kappa shape index (κ1) is 20.3. The molecule has 2 aromatic heterocycles. The fourth-order valence-electron chi connectivity index (χ4n) is 2.75. The van der Waals surface area contributed by atoms with Gasteiger partial charge in [-0.3, -0.25) is 14.6 Å². The van der Waals surface area contributed by atoms with Gasteiger partial charge in [-0.25, -0.2) is 4.68 Å². The Bertz CT molecular complexity index is 964. The summed E-state index contributed by atoms with van der Waals surface area (Å²) in [5.74, 6) is -0.191. The topological polar surface area (TPSA) is 88.9 Å². The third-order valence-electron chi connectivity index (χ3n) is 4.55. The molecule has 0 aliphatic rings. The van der Waals surface area contributed by atoms with Crippen LogP contribution in [-0.2, 0) is 11.3 Å². The van der Waals surface area contributed by atoms with Crippen molar-refractivity contribution < 1.29 is 9.59 Å². The Labute approximate surface area is 170 Å². The van der Waals surface area contributed by atoms with E-state index in [-0.39, 0.29) is 23.8 Å². The highest BCUT2D eigenvalue weighted by atomic mass is 16.2. The van der Waals surface area contributed by atoms with Gasteiger partial charge in [0.15, 0.2) is 0 Å². The second kappa shape index (κ2) is 9.14. The zero-order valence-electron chi connectivity index (χ0n) is 16.8. The van der Waals surface area contributed by atoms with E-state index in [1.807, 2.05) is 51.2 Å². The van der Waals surface area contributed by atoms with Gasteiger partial charge < -0.3 is 10.6 Å². The predicted molar refractivity (Wildman–Crippen MR) is 110 cm³/mol. The van der Waals surface area contributed by atoms with Gasteiger partial charge in [0.05, 0.1) is 17.9 Å². The molecule has 0 unspecified atom stereocenters. The number of aromatic nitrogens is 3. The molecule has 0 bridgehead atoms. The highest BCUT2D eigenvalue weighted by Gasteiger charge is 2.12. The molecule has 3 aromatic rings. The number of carbonyl (C=O) groups is 2. The molecule has 0 spiro atoms. The number of nitrogens with zero attached hydrogens (tertiary/aromatic N) is 3. The molecule has 1 atom stereocenters. The van der Waals surface area contributed by atoms with Crippen molar-refractivity contribution in [2.75, 3.05) is 0 Å². The summed E-state index contributed by atoms with van der Waals surface area (Å²) in [5, 5.41) is 10.2. The lowest BCUT2D eigenvalue weighted by Gasteiger charge is -2.14. The standard InChI is InChI=1S/C22H25N5O2/c1-15(2)21(28)24-11-17-12-25-27(14-17)20-8-6-18(7-9-20)22(29)26-16(3)19-5-4-10-23-13-19/h4-10,12-16H,11H2,1-3H3,(H,24,28)(H,26,29)/t16-/m1/s1. The van der Waals surface area contributed by atoms with E-state index in [2.05, 4.69) is 20.7 Å². The number of pyridine rings is 1. The molecule has 0 saturated heterocycles. The van der Waals surface area contributed by atoms with E-state index in [9.17, 15) is 9.59 Å². The van der Waals surface area contributed by atoms with Crippen LogP contribution in [0.2, 0.25) is 0 Å². The van der Waals surface area contributed by atoms with Gasteiger partial charge in [-0.15, -0.1) is 0 Å². The molecule has 2 N–H and O–H groups in total. The molecule has 7 nitrogen and oxygen atoms in total. The van der Waals surface area contributed by atoms with E-state index in [1.54, 1.807) is 35.4 Å².